The van der Waals surface area contributed by atoms with Crippen molar-refractivity contribution in [3.63, 3.8) is 0 Å². The second-order valence-corrected chi connectivity index (χ2v) is 8.33. The van der Waals surface area contributed by atoms with Gasteiger partial charge in [0.2, 0.25) is 5.91 Å². The number of likely N-dealkylation sites (N-methyl/N-ethyl adjacent to an activating group) is 1. The smallest absolute Gasteiger partial charge is 0.258 e. The van der Waals surface area contributed by atoms with Crippen LogP contribution in [0.25, 0.3) is 11.1 Å². The first-order valence-corrected chi connectivity index (χ1v) is 11.2. The molecule has 7 heteroatoms. The normalized spacial score (nSPS) is 16.2. The Hall–Kier alpha value is -3.61. The molecule has 1 unspecified atom stereocenters. The molecule has 7 nitrogen and oxygen atoms in total. The van der Waals surface area contributed by atoms with Gasteiger partial charge in [0.15, 0.2) is 0 Å². The minimum Gasteiger partial charge on any atom is -0.497 e. The molecule has 172 valence electrons. The molecule has 1 aliphatic heterocycles. The maximum atomic E-state index is 13.4. The second kappa shape index (κ2) is 9.48. The summed E-state index contributed by atoms with van der Waals surface area (Å²) >= 11 is 0. The summed E-state index contributed by atoms with van der Waals surface area (Å²) in [5, 5.41) is 4.21. The van der Waals surface area contributed by atoms with Crippen molar-refractivity contribution in [1.29, 1.82) is 0 Å². The van der Waals surface area contributed by atoms with Crippen molar-refractivity contribution >= 4 is 11.8 Å². The number of amides is 2. The van der Waals surface area contributed by atoms with Crippen LogP contribution in [0.4, 0.5) is 0 Å². The average Bonchev–Trinajstić information content (AvgIpc) is 3.18. The summed E-state index contributed by atoms with van der Waals surface area (Å²) in [5.41, 5.74) is 4.50. The van der Waals surface area contributed by atoms with Gasteiger partial charge in [0.1, 0.15) is 11.8 Å². The molecule has 0 N–H and O–H groups in total. The van der Waals surface area contributed by atoms with Crippen LogP contribution in [0.15, 0.2) is 54.7 Å². The van der Waals surface area contributed by atoms with Gasteiger partial charge < -0.3 is 14.5 Å². The number of ether oxygens (including phenoxy) is 1. The predicted octanol–water partition coefficient (Wildman–Crippen LogP) is 3.32. The highest BCUT2D eigenvalue weighted by Gasteiger charge is 2.38. The van der Waals surface area contributed by atoms with Crippen LogP contribution in [0.1, 0.15) is 28.5 Å². The van der Waals surface area contributed by atoms with Gasteiger partial charge in [0.05, 0.1) is 18.9 Å². The molecule has 1 saturated heterocycles. The molecular weight excluding hydrogens is 416 g/mol. The Kier molecular flexibility index (Phi) is 6.49. The van der Waals surface area contributed by atoms with Gasteiger partial charge in [-0.2, -0.15) is 5.10 Å². The van der Waals surface area contributed by atoms with Crippen LogP contribution in [0.3, 0.4) is 0 Å². The largest absolute Gasteiger partial charge is 0.497 e. The zero-order chi connectivity index (χ0) is 23.5. The van der Waals surface area contributed by atoms with E-state index < -0.39 is 6.04 Å². The van der Waals surface area contributed by atoms with Crippen LogP contribution in [-0.2, 0) is 18.3 Å². The van der Waals surface area contributed by atoms with Crippen LogP contribution in [-0.4, -0.2) is 64.2 Å². The lowest BCUT2D eigenvalue weighted by atomic mass is 9.97. The Bertz CT molecular complexity index is 1150. The fourth-order valence-electron chi connectivity index (χ4n) is 4.32. The van der Waals surface area contributed by atoms with Crippen LogP contribution < -0.4 is 4.74 Å². The van der Waals surface area contributed by atoms with Crippen molar-refractivity contribution in [2.45, 2.75) is 26.3 Å². The molecule has 0 radical (unpaired) electrons. The number of carbonyl (C=O) groups excluding carboxylic acids is 2. The van der Waals surface area contributed by atoms with Gasteiger partial charge in [-0.05, 0) is 42.7 Å². The molecular formula is C26H30N4O3. The number of nitrogens with zero attached hydrogens (tertiary/aromatic N) is 4. The topological polar surface area (TPSA) is 67.7 Å². The molecule has 1 aromatic heterocycles. The van der Waals surface area contributed by atoms with E-state index in [1.165, 1.54) is 0 Å². The monoisotopic (exact) mass is 446 g/mol. The molecule has 3 aromatic rings. The lowest BCUT2D eigenvalue weighted by Crippen LogP contribution is -2.59. The lowest BCUT2D eigenvalue weighted by molar-refractivity contribution is -0.139. The summed E-state index contributed by atoms with van der Waals surface area (Å²) in [4.78, 5) is 30.2. The molecule has 2 heterocycles. The van der Waals surface area contributed by atoms with E-state index in [1.54, 1.807) is 22.9 Å². The third-order valence-electron chi connectivity index (χ3n) is 6.48. The Morgan fingerprint density at radius 3 is 2.52 bits per heavy atom. The first-order valence-electron chi connectivity index (χ1n) is 11.2. The van der Waals surface area contributed by atoms with E-state index in [0.717, 1.165) is 28.1 Å². The summed E-state index contributed by atoms with van der Waals surface area (Å²) in [7, 11) is 3.47. The van der Waals surface area contributed by atoms with E-state index in [1.807, 2.05) is 74.3 Å². The maximum Gasteiger partial charge on any atom is 0.258 e. The van der Waals surface area contributed by atoms with Crippen molar-refractivity contribution < 1.29 is 14.3 Å². The van der Waals surface area contributed by atoms with Crippen molar-refractivity contribution in [1.82, 2.24) is 19.6 Å². The molecule has 0 spiro atoms. The summed E-state index contributed by atoms with van der Waals surface area (Å²) in [6, 6.07) is 15.5. The summed E-state index contributed by atoms with van der Waals surface area (Å²) in [6.07, 6.45) is 2.06. The van der Waals surface area contributed by atoms with Gasteiger partial charge in [0, 0.05) is 38.8 Å². The van der Waals surface area contributed by atoms with E-state index in [0.29, 0.717) is 31.6 Å². The fraction of sp³-hybridized carbons (Fsp3) is 0.346. The molecule has 33 heavy (non-hydrogen) atoms. The highest BCUT2D eigenvalue weighted by molar-refractivity contribution is 5.99. The van der Waals surface area contributed by atoms with Gasteiger partial charge in [-0.1, -0.05) is 36.4 Å². The minimum atomic E-state index is -0.534. The van der Waals surface area contributed by atoms with Crippen molar-refractivity contribution in [3.05, 3.63) is 71.5 Å². The van der Waals surface area contributed by atoms with E-state index in [4.69, 9.17) is 4.74 Å². The van der Waals surface area contributed by atoms with Gasteiger partial charge >= 0.3 is 0 Å². The Morgan fingerprint density at radius 1 is 1.12 bits per heavy atom. The number of rotatable bonds is 6. The van der Waals surface area contributed by atoms with Gasteiger partial charge in [0.25, 0.3) is 5.91 Å². The highest BCUT2D eigenvalue weighted by Crippen LogP contribution is 2.26. The molecule has 1 fully saturated rings. The predicted molar refractivity (Wildman–Crippen MR) is 127 cm³/mol. The number of benzene rings is 2. The standard InChI is InChI=1S/C26H30N4O3/c1-5-29-13-14-30(25(31)23-17-27-28(3)18(23)2)24(26(29)32)15-19-9-11-20(12-10-19)21-7-6-8-22(16-21)33-4/h6-12,16-17,24H,5,13-15H2,1-4H3. The molecule has 0 bridgehead atoms. The Morgan fingerprint density at radius 2 is 1.88 bits per heavy atom. The Balaban J connectivity index is 1.59. The quantitative estimate of drug-likeness (QED) is 0.583. The summed E-state index contributed by atoms with van der Waals surface area (Å²) in [6.45, 7) is 5.54. The maximum absolute atomic E-state index is 13.4. The van der Waals surface area contributed by atoms with E-state index in [2.05, 4.69) is 5.10 Å². The van der Waals surface area contributed by atoms with Crippen LogP contribution >= 0.6 is 0 Å². The van der Waals surface area contributed by atoms with Crippen molar-refractivity contribution in [3.8, 4) is 16.9 Å². The highest BCUT2D eigenvalue weighted by atomic mass is 16.5. The average molecular weight is 447 g/mol. The molecule has 1 atom stereocenters. The molecule has 0 aliphatic carbocycles. The van der Waals surface area contributed by atoms with E-state index >= 15 is 0 Å². The number of piperazine rings is 1. The lowest BCUT2D eigenvalue weighted by Gasteiger charge is -2.40. The number of hydrogen-bond acceptors (Lipinski definition) is 4. The molecule has 2 aromatic carbocycles. The first-order chi connectivity index (χ1) is 15.9. The number of aromatic nitrogens is 2. The van der Waals surface area contributed by atoms with Gasteiger partial charge in [-0.15, -0.1) is 0 Å². The van der Waals surface area contributed by atoms with Gasteiger partial charge in [-0.3, -0.25) is 14.3 Å². The third kappa shape index (κ3) is 4.49. The fourth-order valence-corrected chi connectivity index (χ4v) is 4.32. The second-order valence-electron chi connectivity index (χ2n) is 8.33. The van der Waals surface area contributed by atoms with Crippen LogP contribution in [0.2, 0.25) is 0 Å². The molecule has 1 aliphatic rings. The zero-order valence-electron chi connectivity index (χ0n) is 19.6. The molecule has 2 amide bonds. The molecule has 4 rings (SSSR count). The van der Waals surface area contributed by atoms with Crippen molar-refractivity contribution in [2.24, 2.45) is 7.05 Å². The number of methoxy groups -OCH3 is 1. The number of hydrogen-bond donors (Lipinski definition) is 0. The van der Waals surface area contributed by atoms with E-state index in [9.17, 15) is 9.59 Å². The summed E-state index contributed by atoms with van der Waals surface area (Å²) < 4.78 is 7.01. The number of carbonyl (C=O) groups is 2. The number of aryl methyl sites for hydroxylation is 1. The SMILES string of the molecule is CCN1CCN(C(=O)c2cnn(C)c2C)C(Cc2ccc(-c3cccc(OC)c3)cc2)C1=O. The third-order valence-corrected chi connectivity index (χ3v) is 6.48. The van der Waals surface area contributed by atoms with Gasteiger partial charge in [-0.25, -0.2) is 0 Å². The van der Waals surface area contributed by atoms with Crippen LogP contribution in [0, 0.1) is 6.92 Å². The summed E-state index contributed by atoms with van der Waals surface area (Å²) in [5.74, 6) is 0.669. The minimum absolute atomic E-state index is 0.00415. The van der Waals surface area contributed by atoms with E-state index in [-0.39, 0.29) is 11.8 Å². The molecule has 0 saturated carbocycles. The van der Waals surface area contributed by atoms with Crippen molar-refractivity contribution in [2.75, 3.05) is 26.7 Å². The first kappa shape index (κ1) is 22.6. The Labute approximate surface area is 194 Å². The van der Waals surface area contributed by atoms with Crippen LogP contribution in [0.5, 0.6) is 5.75 Å². The zero-order valence-corrected chi connectivity index (χ0v) is 19.6.